The monoisotopic (exact) mass is 412 g/mol. The molecule has 156 valence electrons. The summed E-state index contributed by atoms with van der Waals surface area (Å²) in [5.74, 6) is 1.30. The second-order valence-electron chi connectivity index (χ2n) is 8.21. The fraction of sp³-hybridized carbons (Fsp3) is 0.231. The molecule has 2 aromatic carbocycles. The Labute approximate surface area is 182 Å². The van der Waals surface area contributed by atoms with Crippen molar-refractivity contribution in [3.05, 3.63) is 96.3 Å². The van der Waals surface area contributed by atoms with Crippen molar-refractivity contribution in [1.82, 2.24) is 19.4 Å². The van der Waals surface area contributed by atoms with E-state index >= 15 is 0 Å². The van der Waals surface area contributed by atoms with Crippen LogP contribution in [0.4, 0.5) is 4.39 Å². The van der Waals surface area contributed by atoms with Crippen LogP contribution < -0.4 is 0 Å². The van der Waals surface area contributed by atoms with Gasteiger partial charge in [0.1, 0.15) is 11.6 Å². The Morgan fingerprint density at radius 1 is 0.935 bits per heavy atom. The van der Waals surface area contributed by atoms with Gasteiger partial charge < -0.3 is 4.57 Å². The molecule has 1 saturated heterocycles. The Bertz CT molecular complexity index is 1170. The smallest absolute Gasteiger partial charge is 0.123 e. The summed E-state index contributed by atoms with van der Waals surface area (Å²) in [6, 6.07) is 21.1. The van der Waals surface area contributed by atoms with Crippen molar-refractivity contribution < 1.29 is 4.39 Å². The first-order chi connectivity index (χ1) is 15.2. The van der Waals surface area contributed by atoms with Crippen molar-refractivity contribution >= 4 is 0 Å². The molecule has 0 saturated carbocycles. The van der Waals surface area contributed by atoms with E-state index < -0.39 is 0 Å². The second kappa shape index (κ2) is 8.44. The van der Waals surface area contributed by atoms with Crippen molar-refractivity contribution in [3.63, 3.8) is 0 Å². The third kappa shape index (κ3) is 4.14. The summed E-state index contributed by atoms with van der Waals surface area (Å²) in [5.41, 5.74) is 4.96. The molecule has 0 amide bonds. The lowest BCUT2D eigenvalue weighted by Gasteiger charge is -2.16. The van der Waals surface area contributed by atoms with Crippen LogP contribution in [0.5, 0.6) is 0 Å². The summed E-state index contributed by atoms with van der Waals surface area (Å²) in [4.78, 5) is 11.8. The number of nitrogens with zero attached hydrogens (tertiary/aromatic N) is 4. The lowest BCUT2D eigenvalue weighted by atomic mass is 10.1. The van der Waals surface area contributed by atoms with Crippen LogP contribution in [0.1, 0.15) is 23.7 Å². The number of pyridine rings is 1. The second-order valence-corrected chi connectivity index (χ2v) is 8.21. The number of benzene rings is 2. The van der Waals surface area contributed by atoms with Gasteiger partial charge in [-0.15, -0.1) is 0 Å². The maximum atomic E-state index is 13.5. The van der Waals surface area contributed by atoms with Crippen LogP contribution in [0, 0.1) is 5.82 Å². The summed E-state index contributed by atoms with van der Waals surface area (Å²) < 4.78 is 15.7. The summed E-state index contributed by atoms with van der Waals surface area (Å²) >= 11 is 0. The number of halogens is 1. The van der Waals surface area contributed by atoms with Gasteiger partial charge in [-0.3, -0.25) is 9.88 Å². The molecule has 0 bridgehead atoms. The van der Waals surface area contributed by atoms with Crippen LogP contribution in [-0.2, 0) is 13.6 Å². The minimum absolute atomic E-state index is 0.252. The molecule has 1 aliphatic rings. The largest absolute Gasteiger partial charge is 0.331 e. The molecule has 1 aliphatic heterocycles. The molecule has 5 heteroatoms. The summed E-state index contributed by atoms with van der Waals surface area (Å²) in [6.07, 6.45) is 4.90. The van der Waals surface area contributed by atoms with Crippen LogP contribution in [0.3, 0.4) is 0 Å². The van der Waals surface area contributed by atoms with Crippen LogP contribution in [-0.4, -0.2) is 32.5 Å². The molecule has 4 nitrogen and oxygen atoms in total. The van der Waals surface area contributed by atoms with Gasteiger partial charge in [0.15, 0.2) is 0 Å². The molecule has 4 aromatic rings. The summed E-state index contributed by atoms with van der Waals surface area (Å²) in [6.45, 7) is 3.10. The SMILES string of the molecule is Cn1c(-c2ccc(-c3cccc(F)c3)nc2)cnc1[C@H]1CCN(Cc2ccccc2)C1. The number of hydrogen-bond donors (Lipinski definition) is 0. The fourth-order valence-electron chi connectivity index (χ4n) is 4.46. The first kappa shape index (κ1) is 19.6. The van der Waals surface area contributed by atoms with Gasteiger partial charge in [-0.1, -0.05) is 42.5 Å². The zero-order chi connectivity index (χ0) is 21.2. The van der Waals surface area contributed by atoms with Gasteiger partial charge in [0.2, 0.25) is 0 Å². The van der Waals surface area contributed by atoms with Gasteiger partial charge in [-0.2, -0.15) is 0 Å². The van der Waals surface area contributed by atoms with Gasteiger partial charge in [0.25, 0.3) is 0 Å². The zero-order valence-electron chi connectivity index (χ0n) is 17.6. The molecule has 0 N–H and O–H groups in total. The van der Waals surface area contributed by atoms with Crippen molar-refractivity contribution in [2.45, 2.75) is 18.9 Å². The molecule has 2 aromatic heterocycles. The molecule has 1 fully saturated rings. The van der Waals surface area contributed by atoms with Crippen molar-refractivity contribution in [1.29, 1.82) is 0 Å². The van der Waals surface area contributed by atoms with E-state index in [2.05, 4.69) is 51.8 Å². The van der Waals surface area contributed by atoms with Gasteiger partial charge in [-0.05, 0) is 42.8 Å². The van der Waals surface area contributed by atoms with Gasteiger partial charge in [-0.25, -0.2) is 9.37 Å². The standard InChI is InChI=1S/C26H25FN4/c1-30-25(21-10-11-24(28-15-21)20-8-5-9-23(27)14-20)16-29-26(30)22-12-13-31(18-22)17-19-6-3-2-4-7-19/h2-11,14-16,22H,12-13,17-18H2,1H3/t22-/m0/s1. The maximum Gasteiger partial charge on any atom is 0.123 e. The van der Waals surface area contributed by atoms with Crippen LogP contribution in [0.15, 0.2) is 79.1 Å². The van der Waals surface area contributed by atoms with E-state index in [1.165, 1.54) is 17.7 Å². The Balaban J connectivity index is 1.31. The van der Waals surface area contributed by atoms with Crippen LogP contribution >= 0.6 is 0 Å². The quantitative estimate of drug-likeness (QED) is 0.447. The molecule has 31 heavy (non-hydrogen) atoms. The van der Waals surface area contributed by atoms with Crippen molar-refractivity contribution in [2.24, 2.45) is 7.05 Å². The highest BCUT2D eigenvalue weighted by molar-refractivity contribution is 5.64. The third-order valence-electron chi connectivity index (χ3n) is 6.09. The highest BCUT2D eigenvalue weighted by atomic mass is 19.1. The normalized spacial score (nSPS) is 16.6. The number of rotatable bonds is 5. The average Bonchev–Trinajstić information content (AvgIpc) is 3.41. The molecule has 0 unspecified atom stereocenters. The zero-order valence-corrected chi connectivity index (χ0v) is 17.6. The van der Waals surface area contributed by atoms with E-state index in [1.54, 1.807) is 6.07 Å². The van der Waals surface area contributed by atoms with Crippen LogP contribution in [0.25, 0.3) is 22.5 Å². The minimum Gasteiger partial charge on any atom is -0.331 e. The lowest BCUT2D eigenvalue weighted by molar-refractivity contribution is 0.325. The van der Waals surface area contributed by atoms with Gasteiger partial charge >= 0.3 is 0 Å². The molecule has 3 heterocycles. The van der Waals surface area contributed by atoms with Crippen molar-refractivity contribution in [2.75, 3.05) is 13.1 Å². The van der Waals surface area contributed by atoms with Gasteiger partial charge in [0, 0.05) is 43.4 Å². The molecule has 0 spiro atoms. The molecule has 0 aliphatic carbocycles. The maximum absolute atomic E-state index is 13.5. The Morgan fingerprint density at radius 3 is 2.58 bits per heavy atom. The van der Waals surface area contributed by atoms with E-state index in [0.29, 0.717) is 5.92 Å². The molecular weight excluding hydrogens is 387 g/mol. The Morgan fingerprint density at radius 2 is 1.81 bits per heavy atom. The first-order valence-electron chi connectivity index (χ1n) is 10.7. The lowest BCUT2D eigenvalue weighted by Crippen LogP contribution is -2.20. The number of likely N-dealkylation sites (tertiary alicyclic amines) is 1. The summed E-state index contributed by atoms with van der Waals surface area (Å²) in [7, 11) is 2.08. The molecule has 1 atom stereocenters. The predicted octanol–water partition coefficient (Wildman–Crippen LogP) is 5.28. The summed E-state index contributed by atoms with van der Waals surface area (Å²) in [5, 5.41) is 0. The topological polar surface area (TPSA) is 34.0 Å². The molecule has 5 rings (SSSR count). The van der Waals surface area contributed by atoms with E-state index in [9.17, 15) is 4.39 Å². The van der Waals surface area contributed by atoms with E-state index in [-0.39, 0.29) is 5.82 Å². The van der Waals surface area contributed by atoms with E-state index in [1.807, 2.05) is 30.6 Å². The predicted molar refractivity (Wildman–Crippen MR) is 121 cm³/mol. The van der Waals surface area contributed by atoms with Crippen molar-refractivity contribution in [3.8, 4) is 22.5 Å². The third-order valence-corrected chi connectivity index (χ3v) is 6.09. The number of aromatic nitrogens is 3. The average molecular weight is 413 g/mol. The fourth-order valence-corrected chi connectivity index (χ4v) is 4.46. The number of imidazole rings is 1. The number of hydrogen-bond acceptors (Lipinski definition) is 3. The Hall–Kier alpha value is -3.31. The van der Waals surface area contributed by atoms with E-state index in [0.717, 1.165) is 54.4 Å². The highest BCUT2D eigenvalue weighted by Gasteiger charge is 2.27. The minimum atomic E-state index is -0.252. The molecule has 0 radical (unpaired) electrons. The van der Waals surface area contributed by atoms with Gasteiger partial charge in [0.05, 0.1) is 17.6 Å². The van der Waals surface area contributed by atoms with Crippen LogP contribution in [0.2, 0.25) is 0 Å². The van der Waals surface area contributed by atoms with E-state index in [4.69, 9.17) is 4.98 Å². The Kier molecular flexibility index (Phi) is 5.35. The first-order valence-corrected chi connectivity index (χ1v) is 10.7. The highest BCUT2D eigenvalue weighted by Crippen LogP contribution is 2.30. The molecular formula is C26H25FN4.